The van der Waals surface area contributed by atoms with E-state index in [9.17, 15) is 4.79 Å². The molecule has 0 aliphatic carbocycles. The molecule has 0 aliphatic heterocycles. The summed E-state index contributed by atoms with van der Waals surface area (Å²) < 4.78 is 0. The molecule has 1 rings (SSSR count). The van der Waals surface area contributed by atoms with Gasteiger partial charge in [-0.2, -0.15) is 5.26 Å². The van der Waals surface area contributed by atoms with Crippen LogP contribution < -0.4 is 0 Å². The summed E-state index contributed by atoms with van der Waals surface area (Å²) in [5.74, 6) is 4.64. The largest absolute Gasteiger partial charge is 0.481 e. The lowest BCUT2D eigenvalue weighted by atomic mass is 10.1. The van der Waals surface area contributed by atoms with Crippen molar-refractivity contribution in [3.05, 3.63) is 35.4 Å². The number of nitriles is 1. The van der Waals surface area contributed by atoms with Crippen molar-refractivity contribution >= 4 is 5.97 Å². The Labute approximate surface area is 88.0 Å². The molecule has 0 saturated carbocycles. The van der Waals surface area contributed by atoms with E-state index in [0.29, 0.717) is 0 Å². The molecule has 0 heterocycles. The smallest absolute Gasteiger partial charge is 0.307 e. The molecule has 0 radical (unpaired) electrons. The minimum Gasteiger partial charge on any atom is -0.481 e. The number of nitrogens with zero attached hydrogens (tertiary/aromatic N) is 1. The lowest BCUT2D eigenvalue weighted by Gasteiger charge is -1.96. The van der Waals surface area contributed by atoms with Crippen molar-refractivity contribution in [2.75, 3.05) is 0 Å². The number of hydrogen-bond acceptors (Lipinski definition) is 2. The monoisotopic (exact) mass is 199 g/mol. The molecule has 15 heavy (non-hydrogen) atoms. The fraction of sp³-hybridized carbons (Fsp3) is 0.167. The van der Waals surface area contributed by atoms with Gasteiger partial charge in [-0.15, -0.1) is 0 Å². The summed E-state index contributed by atoms with van der Waals surface area (Å²) >= 11 is 0. The van der Waals surface area contributed by atoms with E-state index in [1.165, 1.54) is 0 Å². The Bertz CT molecular complexity index is 443. The molecule has 0 atom stereocenters. The highest BCUT2D eigenvalue weighted by molar-refractivity contribution is 5.70. The van der Waals surface area contributed by atoms with Crippen molar-refractivity contribution in [1.29, 1.82) is 5.26 Å². The maximum atomic E-state index is 10.4. The van der Waals surface area contributed by atoms with Crippen molar-refractivity contribution in [2.24, 2.45) is 0 Å². The molecule has 0 saturated heterocycles. The normalized spacial score (nSPS) is 8.47. The van der Waals surface area contributed by atoms with Gasteiger partial charge in [0.2, 0.25) is 0 Å². The van der Waals surface area contributed by atoms with E-state index in [-0.39, 0.29) is 12.8 Å². The maximum Gasteiger partial charge on any atom is 0.307 e. The molecule has 1 aromatic rings. The lowest BCUT2D eigenvalue weighted by molar-refractivity contribution is -0.136. The van der Waals surface area contributed by atoms with Crippen molar-refractivity contribution in [3.8, 4) is 17.9 Å². The van der Waals surface area contributed by atoms with E-state index in [2.05, 4.69) is 11.8 Å². The summed E-state index contributed by atoms with van der Waals surface area (Å²) in [6.45, 7) is 0. The van der Waals surface area contributed by atoms with Gasteiger partial charge in [-0.1, -0.05) is 24.0 Å². The van der Waals surface area contributed by atoms with Crippen LogP contribution in [0.4, 0.5) is 0 Å². The van der Waals surface area contributed by atoms with Gasteiger partial charge in [-0.3, -0.25) is 4.79 Å². The number of aliphatic carboxylic acids is 1. The van der Waals surface area contributed by atoms with E-state index in [4.69, 9.17) is 10.4 Å². The van der Waals surface area contributed by atoms with E-state index in [0.717, 1.165) is 11.1 Å². The Hall–Kier alpha value is -2.26. The molecule has 0 aliphatic rings. The second kappa shape index (κ2) is 5.47. The van der Waals surface area contributed by atoms with Crippen LogP contribution in [-0.4, -0.2) is 11.1 Å². The first-order valence-corrected chi connectivity index (χ1v) is 4.39. The van der Waals surface area contributed by atoms with E-state index in [1.54, 1.807) is 24.3 Å². The second-order valence-electron chi connectivity index (χ2n) is 2.90. The number of hydrogen-bond donors (Lipinski definition) is 1. The molecule has 0 unspecified atom stereocenters. The number of carboxylic acids is 1. The zero-order valence-corrected chi connectivity index (χ0v) is 8.03. The number of carboxylic acid groups (broad SMARTS) is 1. The van der Waals surface area contributed by atoms with Crippen molar-refractivity contribution in [2.45, 2.75) is 12.8 Å². The lowest BCUT2D eigenvalue weighted by Crippen LogP contribution is -1.99. The van der Waals surface area contributed by atoms with Crippen LogP contribution in [0.1, 0.15) is 17.5 Å². The van der Waals surface area contributed by atoms with Crippen LogP contribution in [0.5, 0.6) is 0 Å². The molecule has 3 nitrogen and oxygen atoms in total. The fourth-order valence-corrected chi connectivity index (χ4v) is 1.07. The van der Waals surface area contributed by atoms with Gasteiger partial charge in [0.15, 0.2) is 0 Å². The first-order valence-electron chi connectivity index (χ1n) is 4.39. The van der Waals surface area contributed by atoms with Crippen LogP contribution >= 0.6 is 0 Å². The summed E-state index contributed by atoms with van der Waals surface area (Å²) in [6, 6.07) is 8.88. The Morgan fingerprint density at radius 3 is 2.53 bits per heavy atom. The SMILES string of the molecule is N#CCC#Cc1ccc(CC(=O)O)cc1. The molecule has 1 aromatic carbocycles. The average molecular weight is 199 g/mol. The number of carbonyl (C=O) groups is 1. The number of benzene rings is 1. The van der Waals surface area contributed by atoms with Gasteiger partial charge in [0.25, 0.3) is 0 Å². The summed E-state index contributed by atoms with van der Waals surface area (Å²) in [5.41, 5.74) is 1.53. The third-order valence-corrected chi connectivity index (χ3v) is 1.71. The molecule has 0 bridgehead atoms. The molecule has 0 spiro atoms. The Morgan fingerprint density at radius 2 is 2.00 bits per heavy atom. The highest BCUT2D eigenvalue weighted by atomic mass is 16.4. The molecular weight excluding hydrogens is 190 g/mol. The second-order valence-corrected chi connectivity index (χ2v) is 2.90. The standard InChI is InChI=1S/C12H9NO2/c13-8-2-1-3-10-4-6-11(7-5-10)9-12(14)15/h4-7H,2,9H2,(H,14,15). The van der Waals surface area contributed by atoms with Gasteiger partial charge in [-0.05, 0) is 17.7 Å². The topological polar surface area (TPSA) is 61.1 Å². The predicted octanol–water partition coefficient (Wildman–Crippen LogP) is 1.58. The van der Waals surface area contributed by atoms with Gasteiger partial charge in [-0.25, -0.2) is 0 Å². The van der Waals surface area contributed by atoms with Crippen LogP contribution in [0.15, 0.2) is 24.3 Å². The summed E-state index contributed by atoms with van der Waals surface area (Å²) in [7, 11) is 0. The Morgan fingerprint density at radius 1 is 1.33 bits per heavy atom. The minimum absolute atomic E-state index is 0.0197. The molecule has 3 heteroatoms. The van der Waals surface area contributed by atoms with Crippen LogP contribution in [0.25, 0.3) is 0 Å². The van der Waals surface area contributed by atoms with E-state index < -0.39 is 5.97 Å². The molecule has 1 N–H and O–H groups in total. The van der Waals surface area contributed by atoms with Crippen LogP contribution in [0.2, 0.25) is 0 Å². The zero-order chi connectivity index (χ0) is 11.1. The molecule has 0 aromatic heterocycles. The van der Waals surface area contributed by atoms with Gasteiger partial charge >= 0.3 is 5.97 Å². The molecule has 0 amide bonds. The van der Waals surface area contributed by atoms with Gasteiger partial charge < -0.3 is 5.11 Å². The van der Waals surface area contributed by atoms with Crippen LogP contribution in [0.3, 0.4) is 0 Å². The molecule has 0 fully saturated rings. The zero-order valence-electron chi connectivity index (χ0n) is 8.03. The van der Waals surface area contributed by atoms with Crippen molar-refractivity contribution < 1.29 is 9.90 Å². The third kappa shape index (κ3) is 3.97. The first kappa shape index (κ1) is 10.8. The highest BCUT2D eigenvalue weighted by Crippen LogP contribution is 2.04. The van der Waals surface area contributed by atoms with Gasteiger partial charge in [0.05, 0.1) is 18.9 Å². The summed E-state index contributed by atoms with van der Waals surface area (Å²) in [5, 5.41) is 16.8. The predicted molar refractivity (Wildman–Crippen MR) is 54.9 cm³/mol. The third-order valence-electron chi connectivity index (χ3n) is 1.71. The van der Waals surface area contributed by atoms with Crippen molar-refractivity contribution in [3.63, 3.8) is 0 Å². The quantitative estimate of drug-likeness (QED) is 0.735. The highest BCUT2D eigenvalue weighted by Gasteiger charge is 1.98. The van der Waals surface area contributed by atoms with Crippen LogP contribution in [0, 0.1) is 23.2 Å². The van der Waals surface area contributed by atoms with Gasteiger partial charge in [0.1, 0.15) is 0 Å². The molecule has 74 valence electrons. The summed E-state index contributed by atoms with van der Waals surface area (Å²) in [6.07, 6.45) is 0.225. The molecular formula is C12H9NO2. The van der Waals surface area contributed by atoms with E-state index in [1.807, 2.05) is 6.07 Å². The van der Waals surface area contributed by atoms with Crippen molar-refractivity contribution in [1.82, 2.24) is 0 Å². The Kier molecular flexibility index (Phi) is 3.94. The van der Waals surface area contributed by atoms with Gasteiger partial charge in [0, 0.05) is 5.56 Å². The van der Waals surface area contributed by atoms with Crippen LogP contribution in [-0.2, 0) is 11.2 Å². The fourth-order valence-electron chi connectivity index (χ4n) is 1.07. The Balaban J connectivity index is 2.70. The maximum absolute atomic E-state index is 10.4. The number of rotatable bonds is 2. The summed E-state index contributed by atoms with van der Waals surface area (Å²) in [4.78, 5) is 10.4. The minimum atomic E-state index is -0.849. The average Bonchev–Trinajstić information content (AvgIpc) is 2.20. The van der Waals surface area contributed by atoms with E-state index >= 15 is 0 Å². The first-order chi connectivity index (χ1) is 7.22.